The van der Waals surface area contributed by atoms with Crippen LogP contribution in [0.5, 0.6) is 0 Å². The Labute approximate surface area is 168 Å². The van der Waals surface area contributed by atoms with E-state index in [-0.39, 0.29) is 12.6 Å². The SMILES string of the molecule is Cc1ccc(CNc2c(C)cccc2N[C@H](CO)Cc2ccc(C)cc2)cc1. The van der Waals surface area contributed by atoms with Crippen molar-refractivity contribution in [1.82, 2.24) is 0 Å². The van der Waals surface area contributed by atoms with Crippen LogP contribution in [-0.2, 0) is 13.0 Å². The number of hydrogen-bond acceptors (Lipinski definition) is 3. The molecular weight excluding hydrogens is 344 g/mol. The Morgan fingerprint density at radius 2 is 1.39 bits per heavy atom. The van der Waals surface area contributed by atoms with Crippen molar-refractivity contribution in [2.45, 2.75) is 39.8 Å². The molecule has 3 N–H and O–H groups in total. The lowest BCUT2D eigenvalue weighted by molar-refractivity contribution is 0.274. The second-order valence-corrected chi connectivity index (χ2v) is 7.55. The van der Waals surface area contributed by atoms with Gasteiger partial charge < -0.3 is 15.7 Å². The van der Waals surface area contributed by atoms with Gasteiger partial charge in [0.25, 0.3) is 0 Å². The Morgan fingerprint density at radius 3 is 2.00 bits per heavy atom. The van der Waals surface area contributed by atoms with Gasteiger partial charge >= 0.3 is 0 Å². The maximum Gasteiger partial charge on any atom is 0.0636 e. The molecule has 0 bridgehead atoms. The summed E-state index contributed by atoms with van der Waals surface area (Å²) in [4.78, 5) is 0. The first-order valence-corrected chi connectivity index (χ1v) is 9.87. The van der Waals surface area contributed by atoms with Gasteiger partial charge in [-0.2, -0.15) is 0 Å². The zero-order chi connectivity index (χ0) is 19.9. The Hall–Kier alpha value is -2.78. The standard InChI is InChI=1S/C25H30N2O/c1-18-7-11-21(12-8-18)15-23(17-28)27-24-6-4-5-20(3)25(24)26-16-22-13-9-19(2)10-14-22/h4-14,23,26-28H,15-17H2,1-3H3/t23-/m0/s1. The minimum absolute atomic E-state index is 0.0376. The van der Waals surface area contributed by atoms with Crippen LogP contribution >= 0.6 is 0 Å². The molecule has 1 atom stereocenters. The highest BCUT2D eigenvalue weighted by molar-refractivity contribution is 5.72. The van der Waals surface area contributed by atoms with Crippen LogP contribution in [0.2, 0.25) is 0 Å². The highest BCUT2D eigenvalue weighted by Gasteiger charge is 2.12. The first-order chi connectivity index (χ1) is 13.5. The van der Waals surface area contributed by atoms with E-state index in [1.54, 1.807) is 0 Å². The Balaban J connectivity index is 1.72. The molecule has 3 aromatic carbocycles. The second kappa shape index (κ2) is 9.43. The molecule has 3 rings (SSSR count). The quantitative estimate of drug-likeness (QED) is 0.505. The fraction of sp³-hybridized carbons (Fsp3) is 0.280. The average Bonchev–Trinajstić information content (AvgIpc) is 2.70. The number of aryl methyl sites for hydroxylation is 3. The van der Waals surface area contributed by atoms with Gasteiger partial charge in [-0.25, -0.2) is 0 Å². The van der Waals surface area contributed by atoms with Crippen molar-refractivity contribution >= 4 is 11.4 Å². The summed E-state index contributed by atoms with van der Waals surface area (Å²) in [7, 11) is 0. The molecule has 0 radical (unpaired) electrons. The molecule has 3 aromatic rings. The van der Waals surface area contributed by atoms with E-state index in [0.717, 1.165) is 24.3 Å². The monoisotopic (exact) mass is 374 g/mol. The van der Waals surface area contributed by atoms with Gasteiger partial charge in [0.15, 0.2) is 0 Å². The number of benzene rings is 3. The van der Waals surface area contributed by atoms with E-state index < -0.39 is 0 Å². The second-order valence-electron chi connectivity index (χ2n) is 7.55. The van der Waals surface area contributed by atoms with Gasteiger partial charge in [-0.1, -0.05) is 71.8 Å². The van der Waals surface area contributed by atoms with Crippen molar-refractivity contribution < 1.29 is 5.11 Å². The third-order valence-corrected chi connectivity index (χ3v) is 5.05. The molecule has 0 fully saturated rings. The minimum atomic E-state index is -0.0376. The van der Waals surface area contributed by atoms with Crippen LogP contribution in [0.3, 0.4) is 0 Å². The molecule has 0 aliphatic heterocycles. The van der Waals surface area contributed by atoms with E-state index in [1.165, 1.54) is 27.8 Å². The van der Waals surface area contributed by atoms with Crippen LogP contribution in [0.15, 0.2) is 66.7 Å². The van der Waals surface area contributed by atoms with Crippen LogP contribution in [0.1, 0.15) is 27.8 Å². The fourth-order valence-electron chi connectivity index (χ4n) is 3.31. The molecule has 0 saturated carbocycles. The van der Waals surface area contributed by atoms with Gasteiger partial charge in [-0.05, 0) is 49.9 Å². The predicted octanol–water partition coefficient (Wildman–Crippen LogP) is 5.24. The summed E-state index contributed by atoms with van der Waals surface area (Å²) in [5.74, 6) is 0. The van der Waals surface area contributed by atoms with Crippen molar-refractivity contribution in [2.24, 2.45) is 0 Å². The molecule has 28 heavy (non-hydrogen) atoms. The maximum atomic E-state index is 9.91. The minimum Gasteiger partial charge on any atom is -0.394 e. The topological polar surface area (TPSA) is 44.3 Å². The van der Waals surface area contributed by atoms with Crippen molar-refractivity contribution in [3.63, 3.8) is 0 Å². The summed E-state index contributed by atoms with van der Waals surface area (Å²) < 4.78 is 0. The summed E-state index contributed by atoms with van der Waals surface area (Å²) in [5, 5.41) is 17.0. The van der Waals surface area contributed by atoms with Crippen LogP contribution in [-0.4, -0.2) is 17.8 Å². The number of nitrogens with one attached hydrogen (secondary N) is 2. The van der Waals surface area contributed by atoms with Gasteiger partial charge in [-0.3, -0.25) is 0 Å². The Bertz CT molecular complexity index is 885. The number of rotatable bonds is 8. The van der Waals surface area contributed by atoms with Gasteiger partial charge in [0.05, 0.1) is 24.0 Å². The normalized spacial score (nSPS) is 11.9. The van der Waals surface area contributed by atoms with Crippen LogP contribution in [0.4, 0.5) is 11.4 Å². The lowest BCUT2D eigenvalue weighted by atomic mass is 10.0. The molecule has 3 heteroatoms. The van der Waals surface area contributed by atoms with Gasteiger partial charge in [0.1, 0.15) is 0 Å². The first-order valence-electron chi connectivity index (χ1n) is 9.87. The highest BCUT2D eigenvalue weighted by Crippen LogP contribution is 2.27. The zero-order valence-electron chi connectivity index (χ0n) is 17.0. The van der Waals surface area contributed by atoms with Gasteiger partial charge in [0, 0.05) is 6.54 Å². The summed E-state index contributed by atoms with van der Waals surface area (Å²) in [5.41, 5.74) is 8.28. The highest BCUT2D eigenvalue weighted by atomic mass is 16.3. The average molecular weight is 375 g/mol. The van der Waals surface area contributed by atoms with Crippen LogP contribution in [0.25, 0.3) is 0 Å². The summed E-state index contributed by atoms with van der Waals surface area (Å²) in [6.07, 6.45) is 0.780. The molecule has 0 spiro atoms. The van der Waals surface area contributed by atoms with E-state index in [9.17, 15) is 5.11 Å². The smallest absolute Gasteiger partial charge is 0.0636 e. The van der Waals surface area contributed by atoms with Gasteiger partial charge in [-0.15, -0.1) is 0 Å². The van der Waals surface area contributed by atoms with Crippen molar-refractivity contribution in [1.29, 1.82) is 0 Å². The van der Waals surface area contributed by atoms with Crippen LogP contribution in [0, 0.1) is 20.8 Å². The molecule has 0 heterocycles. The number of aliphatic hydroxyl groups is 1. The van der Waals surface area contributed by atoms with Crippen LogP contribution < -0.4 is 10.6 Å². The van der Waals surface area contributed by atoms with Crippen molar-refractivity contribution in [3.8, 4) is 0 Å². The number of anilines is 2. The number of para-hydroxylation sites is 1. The van der Waals surface area contributed by atoms with E-state index in [1.807, 2.05) is 0 Å². The third-order valence-electron chi connectivity index (χ3n) is 5.05. The Kier molecular flexibility index (Phi) is 6.72. The maximum absolute atomic E-state index is 9.91. The van der Waals surface area contributed by atoms with E-state index >= 15 is 0 Å². The van der Waals surface area contributed by atoms with E-state index in [0.29, 0.717) is 0 Å². The molecule has 0 saturated heterocycles. The summed E-state index contributed by atoms with van der Waals surface area (Å²) in [6, 6.07) is 23.3. The molecule has 0 aliphatic carbocycles. The first kappa shape index (κ1) is 20.0. The molecule has 0 aliphatic rings. The molecule has 146 valence electrons. The van der Waals surface area contributed by atoms with Crippen molar-refractivity contribution in [2.75, 3.05) is 17.2 Å². The lowest BCUT2D eigenvalue weighted by Gasteiger charge is -2.22. The molecular formula is C25H30N2O. The predicted molar refractivity (Wildman–Crippen MR) is 119 cm³/mol. The fourth-order valence-corrected chi connectivity index (χ4v) is 3.31. The molecule has 0 aromatic heterocycles. The number of hydrogen-bond donors (Lipinski definition) is 3. The summed E-state index contributed by atoms with van der Waals surface area (Å²) in [6.45, 7) is 7.14. The number of aliphatic hydroxyl groups excluding tert-OH is 1. The zero-order valence-corrected chi connectivity index (χ0v) is 17.0. The Morgan fingerprint density at radius 1 is 0.786 bits per heavy atom. The molecule has 0 amide bonds. The molecule has 0 unspecified atom stereocenters. The molecule has 3 nitrogen and oxygen atoms in total. The largest absolute Gasteiger partial charge is 0.394 e. The lowest BCUT2D eigenvalue weighted by Crippen LogP contribution is -2.27. The van der Waals surface area contributed by atoms with E-state index in [2.05, 4.69) is 98.1 Å². The van der Waals surface area contributed by atoms with Gasteiger partial charge in [0.2, 0.25) is 0 Å². The van der Waals surface area contributed by atoms with E-state index in [4.69, 9.17) is 0 Å². The van der Waals surface area contributed by atoms with Crippen molar-refractivity contribution in [3.05, 3.63) is 94.5 Å². The summed E-state index contributed by atoms with van der Waals surface area (Å²) >= 11 is 0. The third kappa shape index (κ3) is 5.37.